The standard InChI is InChI=1S/C11H13N3O2.C10H10N4O3/c1-15-11-6-9(8-13-10(11)7-12)14-2-4-16-5-3-14;11-6-9-10(14(15)16)5-8(7-12-9)13-1-3-17-4-2-13/h6,8H,2-5H2,1H3;5,7H,1-4H2. The molecule has 0 saturated carbocycles. The first-order chi connectivity index (χ1) is 16.1. The Morgan fingerprint density at radius 1 is 0.939 bits per heavy atom. The van der Waals surface area contributed by atoms with Crippen molar-refractivity contribution in [3.05, 3.63) is 46.0 Å². The highest BCUT2D eigenvalue weighted by Gasteiger charge is 2.19. The molecule has 2 aromatic heterocycles. The molecule has 0 amide bonds. The number of ether oxygens (including phenoxy) is 3. The molecule has 2 fully saturated rings. The molecule has 0 spiro atoms. The summed E-state index contributed by atoms with van der Waals surface area (Å²) in [6.07, 6.45) is 3.18. The number of methoxy groups -OCH3 is 1. The zero-order valence-corrected chi connectivity index (χ0v) is 18.1. The fraction of sp³-hybridized carbons (Fsp3) is 0.429. The van der Waals surface area contributed by atoms with E-state index in [0.717, 1.165) is 32.0 Å². The Morgan fingerprint density at radius 3 is 1.88 bits per heavy atom. The normalized spacial score (nSPS) is 15.5. The number of aromatic nitrogens is 2. The van der Waals surface area contributed by atoms with Crippen LogP contribution in [0.2, 0.25) is 0 Å². The van der Waals surface area contributed by atoms with Crippen LogP contribution in [0.4, 0.5) is 17.1 Å². The van der Waals surface area contributed by atoms with Crippen molar-refractivity contribution in [3.8, 4) is 17.9 Å². The van der Waals surface area contributed by atoms with E-state index in [1.807, 2.05) is 17.0 Å². The largest absolute Gasteiger partial charge is 0.494 e. The number of hydrogen-bond donors (Lipinski definition) is 0. The van der Waals surface area contributed by atoms with Gasteiger partial charge in [0.1, 0.15) is 12.1 Å². The monoisotopic (exact) mass is 453 g/mol. The second-order valence-electron chi connectivity index (χ2n) is 6.99. The van der Waals surface area contributed by atoms with Crippen molar-refractivity contribution in [1.82, 2.24) is 9.97 Å². The summed E-state index contributed by atoms with van der Waals surface area (Å²) in [6, 6.07) is 6.94. The minimum absolute atomic E-state index is 0.160. The molecule has 33 heavy (non-hydrogen) atoms. The molecule has 2 aliphatic heterocycles. The Balaban J connectivity index is 0.000000186. The van der Waals surface area contributed by atoms with Crippen molar-refractivity contribution in [1.29, 1.82) is 10.5 Å². The number of rotatable bonds is 4. The van der Waals surface area contributed by atoms with Crippen molar-refractivity contribution in [2.75, 3.05) is 69.5 Å². The van der Waals surface area contributed by atoms with E-state index < -0.39 is 4.92 Å². The lowest BCUT2D eigenvalue weighted by Crippen LogP contribution is -2.36. The SMILES string of the molecule is COc1cc(N2CCOCC2)cnc1C#N.N#Cc1ncc(N2CCOCC2)cc1[N+](=O)[O-]. The summed E-state index contributed by atoms with van der Waals surface area (Å²) >= 11 is 0. The van der Waals surface area contributed by atoms with Gasteiger partial charge in [0.2, 0.25) is 5.69 Å². The molecule has 0 radical (unpaired) electrons. The van der Waals surface area contributed by atoms with Gasteiger partial charge in [0.15, 0.2) is 11.4 Å². The van der Waals surface area contributed by atoms with Gasteiger partial charge in [-0.15, -0.1) is 0 Å². The average molecular weight is 453 g/mol. The van der Waals surface area contributed by atoms with Crippen LogP contribution in [0.25, 0.3) is 0 Å². The van der Waals surface area contributed by atoms with Crippen LogP contribution in [0.3, 0.4) is 0 Å². The average Bonchev–Trinajstić information content (AvgIpc) is 2.89. The van der Waals surface area contributed by atoms with E-state index in [1.54, 1.807) is 19.4 Å². The van der Waals surface area contributed by atoms with Gasteiger partial charge in [0, 0.05) is 38.3 Å². The molecule has 4 rings (SSSR count). The fourth-order valence-corrected chi connectivity index (χ4v) is 3.33. The summed E-state index contributed by atoms with van der Waals surface area (Å²) in [6.45, 7) is 5.66. The van der Waals surface area contributed by atoms with Crippen LogP contribution in [-0.2, 0) is 9.47 Å². The molecule has 172 valence electrons. The number of nitro groups is 1. The zero-order valence-electron chi connectivity index (χ0n) is 18.1. The molecular weight excluding hydrogens is 430 g/mol. The molecule has 2 aromatic rings. The minimum atomic E-state index is -0.588. The molecule has 12 nitrogen and oxygen atoms in total. The molecule has 0 atom stereocenters. The van der Waals surface area contributed by atoms with Crippen LogP contribution in [-0.4, -0.2) is 74.6 Å². The molecule has 12 heteroatoms. The maximum atomic E-state index is 10.8. The highest BCUT2D eigenvalue weighted by atomic mass is 16.6. The molecule has 0 unspecified atom stereocenters. The van der Waals surface area contributed by atoms with Crippen LogP contribution in [0.1, 0.15) is 11.4 Å². The number of hydrogen-bond acceptors (Lipinski definition) is 11. The third kappa shape index (κ3) is 6.04. The molecule has 0 aromatic carbocycles. The first-order valence-electron chi connectivity index (χ1n) is 10.2. The van der Waals surface area contributed by atoms with Crippen LogP contribution in [0.15, 0.2) is 24.5 Å². The summed E-state index contributed by atoms with van der Waals surface area (Å²) in [5.41, 5.74) is 1.53. The molecule has 4 heterocycles. The molecule has 0 aliphatic carbocycles. The number of nitrogens with zero attached hydrogens (tertiary/aromatic N) is 7. The Hall–Kier alpha value is -4.00. The Morgan fingerprint density at radius 2 is 1.42 bits per heavy atom. The third-order valence-corrected chi connectivity index (χ3v) is 5.07. The first-order valence-corrected chi connectivity index (χ1v) is 10.2. The van der Waals surface area contributed by atoms with Gasteiger partial charge < -0.3 is 24.0 Å². The summed E-state index contributed by atoms with van der Waals surface area (Å²) in [4.78, 5) is 22.2. The Labute approximate surface area is 190 Å². The van der Waals surface area contributed by atoms with Gasteiger partial charge in [-0.2, -0.15) is 10.5 Å². The van der Waals surface area contributed by atoms with Crippen LogP contribution in [0.5, 0.6) is 5.75 Å². The van der Waals surface area contributed by atoms with Crippen molar-refractivity contribution in [2.45, 2.75) is 0 Å². The number of pyridine rings is 2. The minimum Gasteiger partial charge on any atom is -0.494 e. The lowest BCUT2D eigenvalue weighted by Gasteiger charge is -2.28. The molecular formula is C21H23N7O5. The highest BCUT2D eigenvalue weighted by Crippen LogP contribution is 2.24. The molecule has 0 N–H and O–H groups in total. The van der Waals surface area contributed by atoms with Gasteiger partial charge >= 0.3 is 5.69 Å². The fourth-order valence-electron chi connectivity index (χ4n) is 3.33. The smallest absolute Gasteiger partial charge is 0.307 e. The molecule has 2 aliphatic rings. The second-order valence-corrected chi connectivity index (χ2v) is 6.99. The quantitative estimate of drug-likeness (QED) is 0.489. The maximum Gasteiger partial charge on any atom is 0.307 e. The van der Waals surface area contributed by atoms with Crippen molar-refractivity contribution in [3.63, 3.8) is 0 Å². The van der Waals surface area contributed by atoms with Gasteiger partial charge in [0.25, 0.3) is 0 Å². The highest BCUT2D eigenvalue weighted by molar-refractivity contribution is 5.56. The number of morpholine rings is 2. The predicted molar refractivity (Wildman–Crippen MR) is 117 cm³/mol. The number of nitriles is 2. The summed E-state index contributed by atoms with van der Waals surface area (Å²) < 4.78 is 15.6. The number of anilines is 2. The lowest BCUT2D eigenvalue weighted by atomic mass is 10.2. The van der Waals surface area contributed by atoms with Gasteiger partial charge in [-0.1, -0.05) is 0 Å². The lowest BCUT2D eigenvalue weighted by molar-refractivity contribution is -0.385. The Kier molecular flexibility index (Phi) is 8.30. The van der Waals surface area contributed by atoms with Gasteiger partial charge in [0.05, 0.1) is 62.2 Å². The van der Waals surface area contributed by atoms with E-state index in [0.29, 0.717) is 43.4 Å². The van der Waals surface area contributed by atoms with Crippen molar-refractivity contribution < 1.29 is 19.1 Å². The zero-order chi connectivity index (χ0) is 23.6. The van der Waals surface area contributed by atoms with Gasteiger partial charge in [-0.3, -0.25) is 10.1 Å². The van der Waals surface area contributed by atoms with Crippen molar-refractivity contribution in [2.24, 2.45) is 0 Å². The van der Waals surface area contributed by atoms with E-state index >= 15 is 0 Å². The van der Waals surface area contributed by atoms with Gasteiger partial charge in [-0.05, 0) is 0 Å². The molecule has 2 saturated heterocycles. The van der Waals surface area contributed by atoms with Crippen LogP contribution < -0.4 is 14.5 Å². The van der Waals surface area contributed by atoms with Crippen LogP contribution >= 0.6 is 0 Å². The van der Waals surface area contributed by atoms with E-state index in [1.165, 1.54) is 12.3 Å². The van der Waals surface area contributed by atoms with E-state index in [4.69, 9.17) is 24.7 Å². The van der Waals surface area contributed by atoms with E-state index in [-0.39, 0.29) is 11.4 Å². The summed E-state index contributed by atoms with van der Waals surface area (Å²) in [5, 5.41) is 28.3. The molecule has 0 bridgehead atoms. The van der Waals surface area contributed by atoms with Crippen LogP contribution in [0, 0.1) is 32.8 Å². The summed E-state index contributed by atoms with van der Waals surface area (Å²) in [7, 11) is 1.54. The first kappa shape index (κ1) is 23.7. The summed E-state index contributed by atoms with van der Waals surface area (Å²) in [5.74, 6) is 0.520. The van der Waals surface area contributed by atoms with Gasteiger partial charge in [-0.25, -0.2) is 9.97 Å². The van der Waals surface area contributed by atoms with Crippen molar-refractivity contribution >= 4 is 17.1 Å². The Bertz CT molecular complexity index is 1050. The predicted octanol–water partition coefficient (Wildman–Crippen LogP) is 1.50. The third-order valence-electron chi connectivity index (χ3n) is 5.07. The maximum absolute atomic E-state index is 10.8. The second kappa shape index (κ2) is 11.6. The topological polar surface area (TPSA) is 151 Å². The van der Waals surface area contributed by atoms with E-state index in [9.17, 15) is 10.1 Å². The van der Waals surface area contributed by atoms with E-state index in [2.05, 4.69) is 14.9 Å².